The quantitative estimate of drug-likeness (QED) is 0.492. The summed E-state index contributed by atoms with van der Waals surface area (Å²) in [7, 11) is 0. The lowest BCUT2D eigenvalue weighted by molar-refractivity contribution is 0.0943. The van der Waals surface area contributed by atoms with Crippen LogP contribution in [0, 0.1) is 12.8 Å². The van der Waals surface area contributed by atoms with Crippen LogP contribution in [-0.2, 0) is 13.1 Å². The minimum absolute atomic E-state index is 0.0350. The summed E-state index contributed by atoms with van der Waals surface area (Å²) in [6.07, 6.45) is 0. The van der Waals surface area contributed by atoms with Crippen LogP contribution in [0.1, 0.15) is 49.2 Å². The third-order valence-corrected chi connectivity index (χ3v) is 5.46. The zero-order valence-electron chi connectivity index (χ0n) is 19.6. The number of aryl methyl sites for hydroxylation is 1. The summed E-state index contributed by atoms with van der Waals surface area (Å²) in [5.74, 6) is 0.198. The molecule has 0 aliphatic heterocycles. The summed E-state index contributed by atoms with van der Waals surface area (Å²) < 4.78 is 4.37. The average Bonchev–Trinajstić information content (AvgIpc) is 3.07. The molecule has 4 rings (SSSR count). The Labute approximate surface area is 191 Å². The summed E-state index contributed by atoms with van der Waals surface area (Å²) in [5.41, 5.74) is 2.25. The van der Waals surface area contributed by atoms with Crippen molar-refractivity contribution in [3.05, 3.63) is 80.0 Å². The average molecular weight is 448 g/mol. The van der Waals surface area contributed by atoms with E-state index in [9.17, 15) is 14.4 Å². The highest BCUT2D eigenvalue weighted by Gasteiger charge is 2.20. The number of benzene rings is 2. The van der Waals surface area contributed by atoms with Crippen LogP contribution in [0.4, 0.5) is 0 Å². The second kappa shape index (κ2) is 8.69. The minimum Gasteiger partial charge on any atom is -0.350 e. The molecule has 4 aromatic rings. The van der Waals surface area contributed by atoms with E-state index in [1.807, 2.05) is 58.9 Å². The molecule has 0 saturated carbocycles. The number of nitrogens with one attached hydrogen (secondary N) is 1. The van der Waals surface area contributed by atoms with Crippen LogP contribution < -0.4 is 16.6 Å². The zero-order valence-corrected chi connectivity index (χ0v) is 19.6. The van der Waals surface area contributed by atoms with Crippen molar-refractivity contribution in [2.24, 2.45) is 5.92 Å². The number of fused-ring (bicyclic) bond motifs is 3. The molecule has 1 amide bonds. The van der Waals surface area contributed by atoms with Crippen molar-refractivity contribution in [1.82, 2.24) is 24.1 Å². The lowest BCUT2D eigenvalue weighted by Crippen LogP contribution is -2.31. The molecular formula is C25H29N5O3. The van der Waals surface area contributed by atoms with Gasteiger partial charge in [-0.25, -0.2) is 13.9 Å². The first-order valence-electron chi connectivity index (χ1n) is 11.2. The van der Waals surface area contributed by atoms with Gasteiger partial charge >= 0.3 is 5.69 Å². The van der Waals surface area contributed by atoms with E-state index in [1.165, 1.54) is 9.08 Å². The molecule has 0 fully saturated rings. The number of carbonyl (C=O) groups excluding carboxylic acids is 1. The maximum atomic E-state index is 13.5. The third kappa shape index (κ3) is 4.33. The van der Waals surface area contributed by atoms with Crippen molar-refractivity contribution in [1.29, 1.82) is 0 Å². The van der Waals surface area contributed by atoms with Crippen LogP contribution >= 0.6 is 0 Å². The number of carbonyl (C=O) groups is 1. The number of hydrogen-bond donors (Lipinski definition) is 1. The van der Waals surface area contributed by atoms with Gasteiger partial charge in [0.25, 0.3) is 11.5 Å². The van der Waals surface area contributed by atoms with Gasteiger partial charge < -0.3 is 5.32 Å². The number of rotatable bonds is 6. The number of hydrogen-bond acceptors (Lipinski definition) is 4. The van der Waals surface area contributed by atoms with Gasteiger partial charge in [-0.05, 0) is 50.5 Å². The Morgan fingerprint density at radius 3 is 2.36 bits per heavy atom. The Bertz CT molecular complexity index is 1460. The lowest BCUT2D eigenvalue weighted by atomic mass is 10.1. The molecule has 0 atom stereocenters. The van der Waals surface area contributed by atoms with Crippen molar-refractivity contribution in [2.75, 3.05) is 0 Å². The normalized spacial score (nSPS) is 11.7. The first kappa shape index (κ1) is 22.5. The first-order valence-corrected chi connectivity index (χ1v) is 11.2. The molecule has 8 nitrogen and oxygen atoms in total. The van der Waals surface area contributed by atoms with Gasteiger partial charge in [0.05, 0.1) is 17.4 Å². The standard InChI is InChI=1S/C25H29N5O3/c1-15(2)13-28-23(32)20-11-10-19(22(31)26-16(3)4)12-21(20)30-24(28)27-29(25(30)33)14-18-8-6-17(5)7-9-18/h6-12,15-16H,13-14H2,1-5H3,(H,26,31). The number of amides is 1. The van der Waals surface area contributed by atoms with Gasteiger partial charge in [0.2, 0.25) is 5.78 Å². The second-order valence-electron chi connectivity index (χ2n) is 9.23. The van der Waals surface area contributed by atoms with Crippen molar-refractivity contribution >= 4 is 22.6 Å². The molecule has 0 spiro atoms. The van der Waals surface area contributed by atoms with E-state index in [-0.39, 0.29) is 41.4 Å². The molecule has 0 bridgehead atoms. The molecule has 8 heteroatoms. The molecule has 2 aromatic carbocycles. The van der Waals surface area contributed by atoms with E-state index in [0.29, 0.717) is 23.0 Å². The van der Waals surface area contributed by atoms with Crippen molar-refractivity contribution < 1.29 is 4.79 Å². The van der Waals surface area contributed by atoms with Gasteiger partial charge in [0, 0.05) is 18.2 Å². The molecule has 2 heterocycles. The largest absolute Gasteiger partial charge is 0.352 e. The highest BCUT2D eigenvalue weighted by Crippen LogP contribution is 2.16. The van der Waals surface area contributed by atoms with Crippen LogP contribution in [0.15, 0.2) is 52.1 Å². The van der Waals surface area contributed by atoms with Crippen LogP contribution in [0.2, 0.25) is 0 Å². The monoisotopic (exact) mass is 447 g/mol. The van der Waals surface area contributed by atoms with E-state index in [2.05, 4.69) is 10.4 Å². The van der Waals surface area contributed by atoms with Gasteiger partial charge in [0.1, 0.15) is 0 Å². The molecule has 0 radical (unpaired) electrons. The fraction of sp³-hybridized carbons (Fsp3) is 0.360. The summed E-state index contributed by atoms with van der Waals surface area (Å²) >= 11 is 0. The summed E-state index contributed by atoms with van der Waals surface area (Å²) in [4.78, 5) is 39.4. The Hall–Kier alpha value is -3.68. The maximum Gasteiger partial charge on any atom is 0.352 e. The Balaban J connectivity index is 1.97. The van der Waals surface area contributed by atoms with Crippen LogP contribution in [-0.4, -0.2) is 30.7 Å². The fourth-order valence-corrected chi connectivity index (χ4v) is 3.90. The fourth-order valence-electron chi connectivity index (χ4n) is 3.90. The van der Waals surface area contributed by atoms with Gasteiger partial charge in [-0.2, -0.15) is 0 Å². The lowest BCUT2D eigenvalue weighted by Gasteiger charge is -2.13. The minimum atomic E-state index is -0.352. The number of nitrogens with zero attached hydrogens (tertiary/aromatic N) is 4. The molecule has 172 valence electrons. The van der Waals surface area contributed by atoms with E-state index < -0.39 is 0 Å². The maximum absolute atomic E-state index is 13.5. The van der Waals surface area contributed by atoms with Crippen LogP contribution in [0.5, 0.6) is 0 Å². The molecule has 1 N–H and O–H groups in total. The summed E-state index contributed by atoms with van der Waals surface area (Å²) in [5, 5.41) is 7.77. The molecule has 2 aromatic heterocycles. The Kier molecular flexibility index (Phi) is 5.93. The predicted molar refractivity (Wildman–Crippen MR) is 129 cm³/mol. The van der Waals surface area contributed by atoms with Crippen LogP contribution in [0.3, 0.4) is 0 Å². The SMILES string of the molecule is Cc1ccc(Cn2nc3n(CC(C)C)c(=O)c4ccc(C(=O)NC(C)C)cc4n3c2=O)cc1. The summed E-state index contributed by atoms with van der Waals surface area (Å²) in [6, 6.07) is 12.7. The van der Waals surface area contributed by atoms with Gasteiger partial charge in [-0.3, -0.25) is 14.2 Å². The Morgan fingerprint density at radius 1 is 1.03 bits per heavy atom. The molecule has 33 heavy (non-hydrogen) atoms. The van der Waals surface area contributed by atoms with Crippen molar-refractivity contribution in [2.45, 2.75) is 53.8 Å². The van der Waals surface area contributed by atoms with E-state index in [4.69, 9.17) is 0 Å². The molecule has 0 aliphatic carbocycles. The highest BCUT2D eigenvalue weighted by atomic mass is 16.2. The molecule has 0 saturated heterocycles. The van der Waals surface area contributed by atoms with Gasteiger partial charge in [-0.15, -0.1) is 5.10 Å². The number of aromatic nitrogens is 4. The van der Waals surface area contributed by atoms with Gasteiger partial charge in [0.15, 0.2) is 0 Å². The highest BCUT2D eigenvalue weighted by molar-refractivity contribution is 5.98. The zero-order chi connectivity index (χ0) is 23.9. The van der Waals surface area contributed by atoms with Crippen molar-refractivity contribution in [3.8, 4) is 0 Å². The molecular weight excluding hydrogens is 418 g/mol. The third-order valence-electron chi connectivity index (χ3n) is 5.46. The van der Waals surface area contributed by atoms with E-state index in [1.54, 1.807) is 22.8 Å². The smallest absolute Gasteiger partial charge is 0.350 e. The van der Waals surface area contributed by atoms with Crippen LogP contribution in [0.25, 0.3) is 16.7 Å². The molecule has 0 unspecified atom stereocenters. The Morgan fingerprint density at radius 2 is 1.73 bits per heavy atom. The van der Waals surface area contributed by atoms with Gasteiger partial charge in [-0.1, -0.05) is 43.7 Å². The summed E-state index contributed by atoms with van der Waals surface area (Å²) in [6.45, 7) is 10.5. The van der Waals surface area contributed by atoms with E-state index in [0.717, 1.165) is 11.1 Å². The molecule has 0 aliphatic rings. The second-order valence-corrected chi connectivity index (χ2v) is 9.23. The topological polar surface area (TPSA) is 90.4 Å². The van der Waals surface area contributed by atoms with E-state index >= 15 is 0 Å². The first-order chi connectivity index (χ1) is 15.7. The predicted octanol–water partition coefficient (Wildman–Crippen LogP) is 2.96. The van der Waals surface area contributed by atoms with Crippen molar-refractivity contribution in [3.63, 3.8) is 0 Å².